The molecule has 0 radical (unpaired) electrons. The molecule has 1 amide bonds. The van der Waals surface area contributed by atoms with Gasteiger partial charge >= 0.3 is 5.97 Å². The van der Waals surface area contributed by atoms with Gasteiger partial charge in [0, 0.05) is 18.9 Å². The SMILES string of the molecule is CCC(CCNC(=O)C1CCCC1CN)CCC(=O)O. The van der Waals surface area contributed by atoms with Crippen LogP contribution in [0.2, 0.25) is 0 Å². The highest BCUT2D eigenvalue weighted by Gasteiger charge is 2.31. The van der Waals surface area contributed by atoms with Crippen molar-refractivity contribution in [2.45, 2.75) is 51.9 Å². The van der Waals surface area contributed by atoms with Gasteiger partial charge in [0.25, 0.3) is 0 Å². The second-order valence-electron chi connectivity index (χ2n) is 5.82. The maximum absolute atomic E-state index is 12.1. The van der Waals surface area contributed by atoms with E-state index >= 15 is 0 Å². The Hall–Kier alpha value is -1.10. The van der Waals surface area contributed by atoms with Gasteiger partial charge < -0.3 is 16.2 Å². The minimum Gasteiger partial charge on any atom is -0.481 e. The molecule has 5 nitrogen and oxygen atoms in total. The van der Waals surface area contributed by atoms with Crippen LogP contribution in [0.25, 0.3) is 0 Å². The molecule has 0 aromatic rings. The summed E-state index contributed by atoms with van der Waals surface area (Å²) in [6.07, 6.45) is 5.82. The topological polar surface area (TPSA) is 92.4 Å². The summed E-state index contributed by atoms with van der Waals surface area (Å²) in [7, 11) is 0. The van der Waals surface area contributed by atoms with Crippen LogP contribution in [-0.2, 0) is 9.59 Å². The Bertz CT molecular complexity index is 320. The van der Waals surface area contributed by atoms with Crippen molar-refractivity contribution < 1.29 is 14.7 Å². The van der Waals surface area contributed by atoms with E-state index in [1.807, 2.05) is 0 Å². The van der Waals surface area contributed by atoms with E-state index in [1.165, 1.54) is 0 Å². The lowest BCUT2D eigenvalue weighted by Crippen LogP contribution is -2.36. The lowest BCUT2D eigenvalue weighted by molar-refractivity contribution is -0.137. The summed E-state index contributed by atoms with van der Waals surface area (Å²) >= 11 is 0. The summed E-state index contributed by atoms with van der Waals surface area (Å²) in [6.45, 7) is 3.30. The average molecular weight is 284 g/mol. The predicted molar refractivity (Wildman–Crippen MR) is 78.2 cm³/mol. The van der Waals surface area contributed by atoms with Crippen LogP contribution in [0.15, 0.2) is 0 Å². The van der Waals surface area contributed by atoms with Gasteiger partial charge in [-0.3, -0.25) is 9.59 Å². The second kappa shape index (κ2) is 8.95. The van der Waals surface area contributed by atoms with Crippen LogP contribution in [0, 0.1) is 17.8 Å². The highest BCUT2D eigenvalue weighted by molar-refractivity contribution is 5.79. The standard InChI is InChI=1S/C15H28N2O3/c1-2-11(6-7-14(18)19)8-9-17-15(20)13-5-3-4-12(13)10-16/h11-13H,2-10,16H2,1H3,(H,17,20)(H,18,19). The first-order valence-corrected chi connectivity index (χ1v) is 7.78. The molecule has 0 spiro atoms. The van der Waals surface area contributed by atoms with E-state index < -0.39 is 5.97 Å². The number of aliphatic carboxylic acids is 1. The number of amides is 1. The number of rotatable bonds is 9. The molecule has 1 aliphatic carbocycles. The van der Waals surface area contributed by atoms with E-state index in [2.05, 4.69) is 12.2 Å². The molecule has 0 aromatic heterocycles. The second-order valence-corrected chi connectivity index (χ2v) is 5.82. The molecule has 0 aliphatic heterocycles. The zero-order valence-corrected chi connectivity index (χ0v) is 12.4. The molecular formula is C15H28N2O3. The fourth-order valence-corrected chi connectivity index (χ4v) is 3.07. The molecule has 0 saturated heterocycles. The summed E-state index contributed by atoms with van der Waals surface area (Å²) in [5.41, 5.74) is 5.69. The molecule has 116 valence electrons. The van der Waals surface area contributed by atoms with Crippen LogP contribution in [0.1, 0.15) is 51.9 Å². The Morgan fingerprint density at radius 1 is 1.35 bits per heavy atom. The highest BCUT2D eigenvalue weighted by atomic mass is 16.4. The van der Waals surface area contributed by atoms with Gasteiger partial charge in [0.05, 0.1) is 0 Å². The van der Waals surface area contributed by atoms with Crippen LogP contribution in [0.4, 0.5) is 0 Å². The average Bonchev–Trinajstić information content (AvgIpc) is 2.90. The van der Waals surface area contributed by atoms with Crippen molar-refractivity contribution in [1.29, 1.82) is 0 Å². The molecule has 1 saturated carbocycles. The van der Waals surface area contributed by atoms with E-state index in [-0.39, 0.29) is 18.2 Å². The number of carboxylic acids is 1. The Balaban J connectivity index is 2.24. The quantitative estimate of drug-likeness (QED) is 0.601. The molecule has 0 bridgehead atoms. The minimum atomic E-state index is -0.746. The van der Waals surface area contributed by atoms with Crippen molar-refractivity contribution in [2.75, 3.05) is 13.1 Å². The smallest absolute Gasteiger partial charge is 0.303 e. The number of carboxylic acid groups (broad SMARTS) is 1. The highest BCUT2D eigenvalue weighted by Crippen LogP contribution is 2.30. The fraction of sp³-hybridized carbons (Fsp3) is 0.867. The van der Waals surface area contributed by atoms with Crippen LogP contribution in [-0.4, -0.2) is 30.1 Å². The zero-order chi connectivity index (χ0) is 15.0. The molecule has 0 heterocycles. The van der Waals surface area contributed by atoms with E-state index in [9.17, 15) is 9.59 Å². The maximum atomic E-state index is 12.1. The number of nitrogens with two attached hydrogens (primary N) is 1. The van der Waals surface area contributed by atoms with Crippen molar-refractivity contribution in [3.05, 3.63) is 0 Å². The Morgan fingerprint density at radius 3 is 2.70 bits per heavy atom. The summed E-state index contributed by atoms with van der Waals surface area (Å²) in [5, 5.41) is 11.7. The van der Waals surface area contributed by atoms with Crippen molar-refractivity contribution in [2.24, 2.45) is 23.5 Å². The molecule has 4 N–H and O–H groups in total. The van der Waals surface area contributed by atoms with Gasteiger partial charge in [-0.1, -0.05) is 19.8 Å². The number of nitrogens with one attached hydrogen (secondary N) is 1. The van der Waals surface area contributed by atoms with Gasteiger partial charge in [-0.2, -0.15) is 0 Å². The van der Waals surface area contributed by atoms with E-state index in [0.717, 1.165) is 32.1 Å². The van der Waals surface area contributed by atoms with Crippen LogP contribution in [0.5, 0.6) is 0 Å². The Kier molecular flexibility index (Phi) is 7.59. The predicted octanol–water partition coefficient (Wildman–Crippen LogP) is 1.76. The van der Waals surface area contributed by atoms with Crippen molar-refractivity contribution in [3.63, 3.8) is 0 Å². The molecule has 3 unspecified atom stereocenters. The van der Waals surface area contributed by atoms with Crippen molar-refractivity contribution in [1.82, 2.24) is 5.32 Å². The summed E-state index contributed by atoms with van der Waals surface area (Å²) in [6, 6.07) is 0. The van der Waals surface area contributed by atoms with E-state index in [0.29, 0.717) is 31.3 Å². The van der Waals surface area contributed by atoms with Gasteiger partial charge in [-0.15, -0.1) is 0 Å². The van der Waals surface area contributed by atoms with Gasteiger partial charge in [-0.25, -0.2) is 0 Å². The lowest BCUT2D eigenvalue weighted by Gasteiger charge is -2.19. The Morgan fingerprint density at radius 2 is 2.10 bits per heavy atom. The normalized spacial score (nSPS) is 23.5. The molecule has 1 fully saturated rings. The summed E-state index contributed by atoms with van der Waals surface area (Å²) in [5.74, 6) is 0.179. The van der Waals surface area contributed by atoms with Gasteiger partial charge in [-0.05, 0) is 44.1 Å². The first-order chi connectivity index (χ1) is 9.58. The molecular weight excluding hydrogens is 256 g/mol. The third-order valence-corrected chi connectivity index (χ3v) is 4.49. The van der Waals surface area contributed by atoms with Crippen LogP contribution >= 0.6 is 0 Å². The van der Waals surface area contributed by atoms with E-state index in [1.54, 1.807) is 0 Å². The largest absolute Gasteiger partial charge is 0.481 e. The third-order valence-electron chi connectivity index (χ3n) is 4.49. The third kappa shape index (κ3) is 5.49. The fourth-order valence-electron chi connectivity index (χ4n) is 3.07. The number of carbonyl (C=O) groups is 2. The van der Waals surface area contributed by atoms with Gasteiger partial charge in [0.1, 0.15) is 0 Å². The molecule has 1 rings (SSSR count). The van der Waals surface area contributed by atoms with Crippen molar-refractivity contribution >= 4 is 11.9 Å². The first kappa shape index (κ1) is 17.0. The molecule has 20 heavy (non-hydrogen) atoms. The maximum Gasteiger partial charge on any atom is 0.303 e. The molecule has 5 heteroatoms. The molecule has 1 aliphatic rings. The van der Waals surface area contributed by atoms with Crippen LogP contribution < -0.4 is 11.1 Å². The van der Waals surface area contributed by atoms with E-state index in [4.69, 9.17) is 10.8 Å². The lowest BCUT2D eigenvalue weighted by atomic mass is 9.94. The number of hydrogen-bond acceptors (Lipinski definition) is 3. The summed E-state index contributed by atoms with van der Waals surface area (Å²) < 4.78 is 0. The van der Waals surface area contributed by atoms with Crippen molar-refractivity contribution in [3.8, 4) is 0 Å². The zero-order valence-electron chi connectivity index (χ0n) is 12.4. The van der Waals surface area contributed by atoms with Gasteiger partial charge in [0.2, 0.25) is 5.91 Å². The number of carbonyl (C=O) groups excluding carboxylic acids is 1. The Labute approximate surface area is 121 Å². The summed E-state index contributed by atoms with van der Waals surface area (Å²) in [4.78, 5) is 22.7. The molecule has 3 atom stereocenters. The first-order valence-electron chi connectivity index (χ1n) is 7.78. The molecule has 0 aromatic carbocycles. The number of hydrogen-bond donors (Lipinski definition) is 3. The van der Waals surface area contributed by atoms with Crippen LogP contribution in [0.3, 0.4) is 0 Å². The monoisotopic (exact) mass is 284 g/mol. The minimum absolute atomic E-state index is 0.0825. The van der Waals surface area contributed by atoms with Gasteiger partial charge in [0.15, 0.2) is 0 Å².